The molecule has 82 valence electrons. The topological polar surface area (TPSA) is 55.6 Å². The predicted octanol–water partition coefficient (Wildman–Crippen LogP) is 0.875. The third-order valence-corrected chi connectivity index (χ3v) is 4.09. The molecule has 2 amide bonds. The van der Waals surface area contributed by atoms with Gasteiger partial charge in [0.15, 0.2) is 0 Å². The Morgan fingerprint density at radius 2 is 2.33 bits per heavy atom. The Morgan fingerprint density at radius 1 is 1.53 bits per heavy atom. The highest BCUT2D eigenvalue weighted by Gasteiger charge is 2.54. The van der Waals surface area contributed by atoms with Crippen molar-refractivity contribution >= 4 is 6.03 Å². The molecule has 4 nitrogen and oxygen atoms in total. The molecule has 2 bridgehead atoms. The van der Waals surface area contributed by atoms with Crippen LogP contribution in [-0.2, 0) is 4.74 Å². The summed E-state index contributed by atoms with van der Waals surface area (Å²) < 4.78 is 5.25. The van der Waals surface area contributed by atoms with Crippen molar-refractivity contribution in [1.29, 1.82) is 0 Å². The van der Waals surface area contributed by atoms with Gasteiger partial charge in [0.2, 0.25) is 0 Å². The first-order valence-electron chi connectivity index (χ1n) is 5.58. The second-order valence-electron chi connectivity index (χ2n) is 4.76. The molecule has 0 aliphatic carbocycles. The van der Waals surface area contributed by atoms with Crippen LogP contribution in [-0.4, -0.2) is 35.7 Å². The SMILES string of the molecule is NC(=O)N1C2CC=CC1(C1COC1)CC2. The zero-order chi connectivity index (χ0) is 10.5. The van der Waals surface area contributed by atoms with Crippen LogP contribution in [0.15, 0.2) is 12.2 Å². The molecule has 4 heteroatoms. The number of nitrogens with zero attached hydrogens (tertiary/aromatic N) is 1. The average Bonchev–Trinajstić information content (AvgIpc) is 2.32. The number of primary amides is 1. The van der Waals surface area contributed by atoms with E-state index in [1.165, 1.54) is 0 Å². The molecule has 2 saturated heterocycles. The lowest BCUT2D eigenvalue weighted by Crippen LogP contribution is -2.61. The summed E-state index contributed by atoms with van der Waals surface area (Å²) >= 11 is 0. The van der Waals surface area contributed by atoms with Gasteiger partial charge in [-0.05, 0) is 19.3 Å². The van der Waals surface area contributed by atoms with Crippen LogP contribution in [0, 0.1) is 5.92 Å². The zero-order valence-electron chi connectivity index (χ0n) is 8.69. The van der Waals surface area contributed by atoms with Crippen molar-refractivity contribution in [3.8, 4) is 0 Å². The molecule has 0 saturated carbocycles. The van der Waals surface area contributed by atoms with E-state index >= 15 is 0 Å². The first-order chi connectivity index (χ1) is 7.24. The number of urea groups is 1. The number of hydrogen-bond acceptors (Lipinski definition) is 2. The van der Waals surface area contributed by atoms with Crippen molar-refractivity contribution in [1.82, 2.24) is 4.90 Å². The molecule has 2 atom stereocenters. The minimum absolute atomic E-state index is 0.118. The predicted molar refractivity (Wildman–Crippen MR) is 55.2 cm³/mol. The lowest BCUT2D eigenvalue weighted by atomic mass is 9.79. The van der Waals surface area contributed by atoms with Gasteiger partial charge in [-0.25, -0.2) is 4.79 Å². The Balaban J connectivity index is 1.98. The molecule has 0 aromatic rings. The van der Waals surface area contributed by atoms with Crippen LogP contribution in [0.1, 0.15) is 19.3 Å². The summed E-state index contributed by atoms with van der Waals surface area (Å²) in [7, 11) is 0. The van der Waals surface area contributed by atoms with Crippen molar-refractivity contribution in [2.45, 2.75) is 30.8 Å². The van der Waals surface area contributed by atoms with Crippen molar-refractivity contribution in [3.05, 3.63) is 12.2 Å². The highest BCUT2D eigenvalue weighted by Crippen LogP contribution is 2.46. The fourth-order valence-corrected chi connectivity index (χ4v) is 3.25. The van der Waals surface area contributed by atoms with Crippen molar-refractivity contribution in [2.24, 2.45) is 11.7 Å². The molecule has 0 spiro atoms. The van der Waals surface area contributed by atoms with Gasteiger partial charge in [0.25, 0.3) is 0 Å². The second-order valence-corrected chi connectivity index (χ2v) is 4.76. The highest BCUT2D eigenvalue weighted by atomic mass is 16.5. The van der Waals surface area contributed by atoms with Gasteiger partial charge < -0.3 is 15.4 Å². The third-order valence-electron chi connectivity index (χ3n) is 4.09. The summed E-state index contributed by atoms with van der Waals surface area (Å²) in [5, 5.41) is 0. The molecule has 3 aliphatic rings. The largest absolute Gasteiger partial charge is 0.380 e. The van der Waals surface area contributed by atoms with E-state index in [0.717, 1.165) is 32.5 Å². The molecule has 15 heavy (non-hydrogen) atoms. The molecule has 2 N–H and O–H groups in total. The van der Waals surface area contributed by atoms with E-state index in [0.29, 0.717) is 12.0 Å². The van der Waals surface area contributed by atoms with E-state index in [2.05, 4.69) is 12.2 Å². The molecule has 2 fully saturated rings. The summed E-state index contributed by atoms with van der Waals surface area (Å²) in [4.78, 5) is 13.4. The number of nitrogens with two attached hydrogens (primary N) is 1. The molecule has 3 heterocycles. The van der Waals surface area contributed by atoms with E-state index in [9.17, 15) is 4.79 Å². The average molecular weight is 208 g/mol. The third kappa shape index (κ3) is 1.08. The summed E-state index contributed by atoms with van der Waals surface area (Å²) in [5.74, 6) is 0.451. The quantitative estimate of drug-likeness (QED) is 0.650. The zero-order valence-corrected chi connectivity index (χ0v) is 8.69. The Bertz CT molecular complexity index is 325. The number of ether oxygens (including phenoxy) is 1. The Hall–Kier alpha value is -1.03. The first kappa shape index (κ1) is 9.21. The molecule has 3 rings (SSSR count). The van der Waals surface area contributed by atoms with E-state index in [-0.39, 0.29) is 11.6 Å². The van der Waals surface area contributed by atoms with Gasteiger partial charge in [0.1, 0.15) is 0 Å². The maximum atomic E-state index is 11.5. The molecule has 0 aromatic carbocycles. The lowest BCUT2D eigenvalue weighted by Gasteiger charge is -2.48. The van der Waals surface area contributed by atoms with Crippen LogP contribution in [0.25, 0.3) is 0 Å². The normalized spacial score (nSPS) is 39.2. The van der Waals surface area contributed by atoms with Gasteiger partial charge >= 0.3 is 6.03 Å². The molecule has 0 aromatic heterocycles. The standard InChI is InChI=1S/C11H16N2O2/c12-10(14)13-9-2-1-4-11(13,5-3-9)8-6-15-7-8/h1,4,8-9H,2-3,5-7H2,(H2,12,14). The fourth-order valence-electron chi connectivity index (χ4n) is 3.25. The molecular weight excluding hydrogens is 192 g/mol. The van der Waals surface area contributed by atoms with Gasteiger partial charge in [-0.1, -0.05) is 12.2 Å². The Morgan fingerprint density at radius 3 is 2.93 bits per heavy atom. The Kier molecular flexibility index (Phi) is 1.83. The van der Waals surface area contributed by atoms with Gasteiger partial charge in [-0.15, -0.1) is 0 Å². The van der Waals surface area contributed by atoms with Gasteiger partial charge in [-0.3, -0.25) is 0 Å². The minimum atomic E-state index is -0.270. The van der Waals surface area contributed by atoms with Gasteiger partial charge in [0, 0.05) is 12.0 Å². The van der Waals surface area contributed by atoms with Crippen molar-refractivity contribution in [3.63, 3.8) is 0 Å². The van der Waals surface area contributed by atoms with Crippen LogP contribution in [0.2, 0.25) is 0 Å². The molecule has 0 radical (unpaired) electrons. The number of fused-ring (bicyclic) bond motifs is 2. The number of rotatable bonds is 1. The van der Waals surface area contributed by atoms with Crippen LogP contribution in [0.3, 0.4) is 0 Å². The number of hydrogen-bond donors (Lipinski definition) is 1. The van der Waals surface area contributed by atoms with E-state index in [1.807, 2.05) is 4.90 Å². The summed E-state index contributed by atoms with van der Waals surface area (Å²) in [6.07, 6.45) is 7.47. The number of carbonyl (C=O) groups excluding carboxylic acids is 1. The minimum Gasteiger partial charge on any atom is -0.380 e. The van der Waals surface area contributed by atoms with Gasteiger partial charge in [0.05, 0.1) is 18.8 Å². The number of carbonyl (C=O) groups is 1. The van der Waals surface area contributed by atoms with E-state index < -0.39 is 0 Å². The second kappa shape index (κ2) is 2.98. The maximum absolute atomic E-state index is 11.5. The van der Waals surface area contributed by atoms with Crippen LogP contribution >= 0.6 is 0 Å². The van der Waals surface area contributed by atoms with Crippen LogP contribution in [0.5, 0.6) is 0 Å². The smallest absolute Gasteiger partial charge is 0.315 e. The summed E-state index contributed by atoms with van der Waals surface area (Å²) in [6, 6.07) is 0.0573. The van der Waals surface area contributed by atoms with E-state index in [1.54, 1.807) is 0 Å². The Labute approximate surface area is 89.1 Å². The van der Waals surface area contributed by atoms with Gasteiger partial charge in [-0.2, -0.15) is 0 Å². The van der Waals surface area contributed by atoms with Crippen molar-refractivity contribution in [2.75, 3.05) is 13.2 Å². The van der Waals surface area contributed by atoms with Crippen LogP contribution < -0.4 is 5.73 Å². The lowest BCUT2D eigenvalue weighted by molar-refractivity contribution is -0.0869. The summed E-state index contributed by atoms with van der Waals surface area (Å²) in [5.41, 5.74) is 5.38. The van der Waals surface area contributed by atoms with Crippen LogP contribution in [0.4, 0.5) is 4.79 Å². The number of amides is 2. The summed E-state index contributed by atoms with van der Waals surface area (Å²) in [6.45, 7) is 1.53. The first-order valence-corrected chi connectivity index (χ1v) is 5.58. The van der Waals surface area contributed by atoms with E-state index in [4.69, 9.17) is 10.5 Å². The highest BCUT2D eigenvalue weighted by molar-refractivity contribution is 5.75. The molecule has 2 unspecified atom stereocenters. The molecular formula is C11H16N2O2. The fraction of sp³-hybridized carbons (Fsp3) is 0.727. The maximum Gasteiger partial charge on any atom is 0.315 e. The monoisotopic (exact) mass is 208 g/mol. The molecule has 3 aliphatic heterocycles. The van der Waals surface area contributed by atoms with Crippen molar-refractivity contribution < 1.29 is 9.53 Å².